The minimum atomic E-state index is -0.531. The molecule has 2 amide bonds. The number of anilines is 2. The van der Waals surface area contributed by atoms with Crippen molar-refractivity contribution in [2.24, 2.45) is 10.8 Å². The Bertz CT molecular complexity index is 732. The molecule has 0 unspecified atom stereocenters. The minimum absolute atomic E-state index is 0.0670. The van der Waals surface area contributed by atoms with Crippen molar-refractivity contribution in [1.82, 2.24) is 0 Å². The first-order valence-electron chi connectivity index (χ1n) is 10.0. The van der Waals surface area contributed by atoms with Gasteiger partial charge in [0.25, 0.3) is 0 Å². The molecule has 29 heavy (non-hydrogen) atoms. The highest BCUT2D eigenvalue weighted by Gasteiger charge is 2.39. The van der Waals surface area contributed by atoms with Crippen molar-refractivity contribution in [3.63, 3.8) is 0 Å². The van der Waals surface area contributed by atoms with E-state index in [1.54, 1.807) is 12.1 Å². The Balaban J connectivity index is 1.50. The van der Waals surface area contributed by atoms with E-state index in [1.807, 2.05) is 13.0 Å². The Hall–Kier alpha value is -2.32. The van der Waals surface area contributed by atoms with Gasteiger partial charge in [-0.1, -0.05) is 19.9 Å². The van der Waals surface area contributed by atoms with Crippen LogP contribution < -0.4 is 10.6 Å². The summed E-state index contributed by atoms with van der Waals surface area (Å²) in [7, 11) is 0. The lowest BCUT2D eigenvalue weighted by Gasteiger charge is -2.39. The molecule has 2 aliphatic heterocycles. The third kappa shape index (κ3) is 5.19. The van der Waals surface area contributed by atoms with Crippen molar-refractivity contribution in [2.45, 2.75) is 33.6 Å². The van der Waals surface area contributed by atoms with Crippen LogP contribution >= 0.6 is 0 Å². The average Bonchev–Trinajstić information content (AvgIpc) is 2.63. The first kappa shape index (κ1) is 21.4. The molecule has 2 heterocycles. The van der Waals surface area contributed by atoms with E-state index in [-0.39, 0.29) is 10.8 Å². The highest BCUT2D eigenvalue weighted by atomic mass is 16.6. The van der Waals surface area contributed by atoms with Crippen LogP contribution in [0.25, 0.3) is 0 Å². The number of carbonyl (C=O) groups is 2. The first-order valence-corrected chi connectivity index (χ1v) is 10.0. The van der Waals surface area contributed by atoms with Gasteiger partial charge in [0.05, 0.1) is 37.3 Å². The van der Waals surface area contributed by atoms with Crippen molar-refractivity contribution in [1.29, 1.82) is 0 Å². The second-order valence-electron chi connectivity index (χ2n) is 8.12. The molecule has 2 N–H and O–H groups in total. The maximum absolute atomic E-state index is 12.2. The van der Waals surface area contributed by atoms with Gasteiger partial charge in [-0.2, -0.15) is 0 Å². The number of hydrogen-bond donors (Lipinski definition) is 2. The smallest absolute Gasteiger partial charge is 0.411 e. The van der Waals surface area contributed by atoms with Crippen LogP contribution in [0.4, 0.5) is 21.0 Å². The maximum atomic E-state index is 12.2. The van der Waals surface area contributed by atoms with E-state index in [0.29, 0.717) is 51.0 Å². The van der Waals surface area contributed by atoms with E-state index in [0.717, 1.165) is 18.4 Å². The van der Waals surface area contributed by atoms with E-state index >= 15 is 0 Å². The SMILES string of the molecule is CCC1(COC(=O)Nc2ccc(C)c(NC(=O)OCC3(CC)COC3)c2)COC1. The zero-order chi connectivity index (χ0) is 20.9. The summed E-state index contributed by atoms with van der Waals surface area (Å²) in [5, 5.41) is 5.44. The first-order chi connectivity index (χ1) is 13.9. The maximum Gasteiger partial charge on any atom is 0.411 e. The van der Waals surface area contributed by atoms with Gasteiger partial charge >= 0.3 is 12.2 Å². The van der Waals surface area contributed by atoms with E-state index in [9.17, 15) is 9.59 Å². The molecule has 160 valence electrons. The van der Waals surface area contributed by atoms with Crippen molar-refractivity contribution in [2.75, 3.05) is 50.3 Å². The second kappa shape index (κ2) is 9.00. The summed E-state index contributed by atoms with van der Waals surface area (Å²) in [5.41, 5.74) is 1.82. The van der Waals surface area contributed by atoms with Crippen LogP contribution in [-0.4, -0.2) is 51.8 Å². The van der Waals surface area contributed by atoms with Crippen molar-refractivity contribution >= 4 is 23.6 Å². The summed E-state index contributed by atoms with van der Waals surface area (Å²) in [5.74, 6) is 0. The standard InChI is InChI=1S/C21H30N2O6/c1-4-20(9-26-10-20)13-28-18(24)22-16-7-6-15(3)17(8-16)23-19(25)29-14-21(5-2)11-27-12-21/h6-8H,4-5,9-14H2,1-3H3,(H,22,24)(H,23,25). The van der Waals surface area contributed by atoms with Gasteiger partial charge in [0.1, 0.15) is 13.2 Å². The van der Waals surface area contributed by atoms with Gasteiger partial charge < -0.3 is 18.9 Å². The van der Waals surface area contributed by atoms with Crippen LogP contribution in [0, 0.1) is 17.8 Å². The fourth-order valence-electron chi connectivity index (χ4n) is 3.13. The minimum Gasteiger partial charge on any atom is -0.449 e. The Morgan fingerprint density at radius 3 is 1.90 bits per heavy atom. The van der Waals surface area contributed by atoms with Gasteiger partial charge in [-0.05, 0) is 37.5 Å². The molecule has 0 spiro atoms. The van der Waals surface area contributed by atoms with E-state index in [4.69, 9.17) is 18.9 Å². The molecule has 2 aliphatic rings. The molecule has 0 aliphatic carbocycles. The molecule has 0 saturated carbocycles. The molecule has 0 bridgehead atoms. The van der Waals surface area contributed by atoms with Crippen LogP contribution in [0.2, 0.25) is 0 Å². The van der Waals surface area contributed by atoms with E-state index < -0.39 is 12.2 Å². The lowest BCUT2D eigenvalue weighted by molar-refractivity contribution is -0.138. The fourth-order valence-corrected chi connectivity index (χ4v) is 3.13. The largest absolute Gasteiger partial charge is 0.449 e. The van der Waals surface area contributed by atoms with Crippen LogP contribution in [-0.2, 0) is 18.9 Å². The summed E-state index contributed by atoms with van der Waals surface area (Å²) >= 11 is 0. The Morgan fingerprint density at radius 2 is 1.45 bits per heavy atom. The van der Waals surface area contributed by atoms with E-state index in [2.05, 4.69) is 24.5 Å². The molecule has 0 atom stereocenters. The normalized spacial score (nSPS) is 18.7. The predicted molar refractivity (Wildman–Crippen MR) is 108 cm³/mol. The van der Waals surface area contributed by atoms with Gasteiger partial charge in [-0.25, -0.2) is 9.59 Å². The number of aryl methyl sites for hydroxylation is 1. The number of ether oxygens (including phenoxy) is 4. The second-order valence-corrected chi connectivity index (χ2v) is 8.12. The molecule has 8 heteroatoms. The van der Waals surface area contributed by atoms with Gasteiger partial charge in [-0.15, -0.1) is 0 Å². The molecular weight excluding hydrogens is 376 g/mol. The summed E-state index contributed by atoms with van der Waals surface area (Å²) in [4.78, 5) is 24.3. The lowest BCUT2D eigenvalue weighted by atomic mass is 9.84. The topological polar surface area (TPSA) is 95.1 Å². The molecule has 1 aromatic carbocycles. The molecule has 2 saturated heterocycles. The van der Waals surface area contributed by atoms with Gasteiger partial charge in [0.15, 0.2) is 0 Å². The molecule has 8 nitrogen and oxygen atoms in total. The van der Waals surface area contributed by atoms with Crippen molar-refractivity contribution in [3.8, 4) is 0 Å². The van der Waals surface area contributed by atoms with Crippen LogP contribution in [0.3, 0.4) is 0 Å². The molecule has 0 aromatic heterocycles. The van der Waals surface area contributed by atoms with Crippen molar-refractivity contribution < 1.29 is 28.5 Å². The Kier molecular flexibility index (Phi) is 6.64. The molecule has 2 fully saturated rings. The van der Waals surface area contributed by atoms with E-state index in [1.165, 1.54) is 0 Å². The van der Waals surface area contributed by atoms with Gasteiger partial charge in [-0.3, -0.25) is 10.6 Å². The molecule has 3 rings (SSSR count). The number of benzene rings is 1. The number of nitrogens with one attached hydrogen (secondary N) is 2. The highest BCUT2D eigenvalue weighted by Crippen LogP contribution is 2.32. The number of carbonyl (C=O) groups excluding carboxylic acids is 2. The molecule has 0 radical (unpaired) electrons. The van der Waals surface area contributed by atoms with Crippen LogP contribution in [0.1, 0.15) is 32.3 Å². The molecular formula is C21H30N2O6. The van der Waals surface area contributed by atoms with Crippen LogP contribution in [0.15, 0.2) is 18.2 Å². The summed E-state index contributed by atoms with van der Waals surface area (Å²) in [6.45, 7) is 9.08. The zero-order valence-corrected chi connectivity index (χ0v) is 17.3. The summed E-state index contributed by atoms with van der Waals surface area (Å²) in [6.07, 6.45) is 0.734. The highest BCUT2D eigenvalue weighted by molar-refractivity contribution is 5.89. The fraction of sp³-hybridized carbons (Fsp3) is 0.619. The van der Waals surface area contributed by atoms with Crippen LogP contribution in [0.5, 0.6) is 0 Å². The Labute approximate surface area is 171 Å². The third-order valence-electron chi connectivity index (χ3n) is 5.87. The van der Waals surface area contributed by atoms with Crippen molar-refractivity contribution in [3.05, 3.63) is 23.8 Å². The van der Waals surface area contributed by atoms with Gasteiger partial charge in [0, 0.05) is 11.4 Å². The predicted octanol–water partition coefficient (Wildman–Crippen LogP) is 3.95. The number of hydrogen-bond acceptors (Lipinski definition) is 6. The summed E-state index contributed by atoms with van der Waals surface area (Å²) in [6, 6.07) is 5.25. The molecule has 1 aromatic rings. The average molecular weight is 406 g/mol. The summed E-state index contributed by atoms with van der Waals surface area (Å²) < 4.78 is 21.2. The third-order valence-corrected chi connectivity index (χ3v) is 5.87. The number of rotatable bonds is 8. The monoisotopic (exact) mass is 406 g/mol. The number of amides is 2. The lowest BCUT2D eigenvalue weighted by Crippen LogP contribution is -2.46. The quantitative estimate of drug-likeness (QED) is 0.679. The van der Waals surface area contributed by atoms with Gasteiger partial charge in [0.2, 0.25) is 0 Å². The Morgan fingerprint density at radius 1 is 0.931 bits per heavy atom. The zero-order valence-electron chi connectivity index (χ0n) is 17.3.